The molecule has 0 aromatic heterocycles. The second-order valence-corrected chi connectivity index (χ2v) is 2.78. The van der Waals surface area contributed by atoms with E-state index in [1.807, 2.05) is 0 Å². The lowest BCUT2D eigenvalue weighted by Gasteiger charge is -2.01. The third-order valence-corrected chi connectivity index (χ3v) is 1.85. The Bertz CT molecular complexity index is 353. The summed E-state index contributed by atoms with van der Waals surface area (Å²) in [7, 11) is 0. The Morgan fingerprint density at radius 3 is 2.77 bits per heavy atom. The number of rotatable bonds is 2. The zero-order chi connectivity index (χ0) is 9.84. The largest absolute Gasteiger partial charge is 0.289 e. The summed E-state index contributed by atoms with van der Waals surface area (Å²) in [5, 5.41) is 0. The van der Waals surface area contributed by atoms with Gasteiger partial charge >= 0.3 is 0 Å². The summed E-state index contributed by atoms with van der Waals surface area (Å²) in [4.78, 5) is 11.4. The number of ketones is 1. The van der Waals surface area contributed by atoms with Gasteiger partial charge in [0.1, 0.15) is 5.82 Å². The average molecular weight is 178 g/mol. The Hall–Kier alpha value is -1.44. The minimum atomic E-state index is -0.338. The van der Waals surface area contributed by atoms with Crippen molar-refractivity contribution in [3.05, 3.63) is 47.3 Å². The first-order valence-corrected chi connectivity index (χ1v) is 4.09. The molecule has 0 saturated carbocycles. The first kappa shape index (κ1) is 9.65. The van der Waals surface area contributed by atoms with E-state index >= 15 is 0 Å². The predicted octanol–water partition coefficient (Wildman–Crippen LogP) is 2.89. The van der Waals surface area contributed by atoms with Gasteiger partial charge in [-0.25, -0.2) is 4.39 Å². The summed E-state index contributed by atoms with van der Waals surface area (Å²) in [6, 6.07) is 4.52. The number of allylic oxidation sites excluding steroid dienone is 2. The maximum atomic E-state index is 13.0. The molecule has 2 heteroatoms. The number of carbonyl (C=O) groups excluding carboxylic acids is 1. The fourth-order valence-corrected chi connectivity index (χ4v) is 1.12. The Labute approximate surface area is 76.9 Å². The molecule has 0 radical (unpaired) electrons. The van der Waals surface area contributed by atoms with Crippen LogP contribution >= 0.6 is 0 Å². The summed E-state index contributed by atoms with van der Waals surface area (Å²) < 4.78 is 13.0. The molecule has 0 N–H and O–H groups in total. The molecule has 0 fully saturated rings. The molecule has 0 atom stereocenters. The van der Waals surface area contributed by atoms with Crippen LogP contribution in [-0.4, -0.2) is 5.78 Å². The van der Waals surface area contributed by atoms with Crippen LogP contribution in [0.3, 0.4) is 0 Å². The van der Waals surface area contributed by atoms with Crippen molar-refractivity contribution in [1.82, 2.24) is 0 Å². The summed E-state index contributed by atoms with van der Waals surface area (Å²) in [5.41, 5.74) is 0.837. The zero-order valence-electron chi connectivity index (χ0n) is 7.67. The molecule has 0 spiro atoms. The van der Waals surface area contributed by atoms with Crippen molar-refractivity contribution in [2.45, 2.75) is 13.8 Å². The van der Waals surface area contributed by atoms with Gasteiger partial charge in [0.25, 0.3) is 0 Å². The van der Waals surface area contributed by atoms with Crippen LogP contribution in [0.5, 0.6) is 0 Å². The molecule has 13 heavy (non-hydrogen) atoms. The smallest absolute Gasteiger partial charge is 0.185 e. The van der Waals surface area contributed by atoms with Crippen molar-refractivity contribution < 1.29 is 9.18 Å². The molecular formula is C11H11FO. The van der Waals surface area contributed by atoms with Gasteiger partial charge in [-0.15, -0.1) is 0 Å². The minimum Gasteiger partial charge on any atom is -0.289 e. The van der Waals surface area contributed by atoms with Crippen LogP contribution in [0.2, 0.25) is 0 Å². The quantitative estimate of drug-likeness (QED) is 0.502. The molecule has 0 heterocycles. The maximum Gasteiger partial charge on any atom is 0.185 e. The van der Waals surface area contributed by atoms with Gasteiger partial charge < -0.3 is 0 Å². The Balaban J connectivity index is 3.15. The molecule has 0 bridgehead atoms. The van der Waals surface area contributed by atoms with Crippen molar-refractivity contribution in [3.63, 3.8) is 0 Å². The molecule has 0 aliphatic rings. The number of benzene rings is 1. The van der Waals surface area contributed by atoms with E-state index in [-0.39, 0.29) is 11.6 Å². The van der Waals surface area contributed by atoms with Gasteiger partial charge in [0.15, 0.2) is 5.78 Å². The van der Waals surface area contributed by atoms with Crippen LogP contribution in [0.4, 0.5) is 4.39 Å². The lowest BCUT2D eigenvalue weighted by Crippen LogP contribution is -1.99. The number of carbonyl (C=O) groups is 1. The highest BCUT2D eigenvalue weighted by molar-refractivity contribution is 6.05. The van der Waals surface area contributed by atoms with Crippen molar-refractivity contribution in [2.75, 3.05) is 0 Å². The highest BCUT2D eigenvalue weighted by Gasteiger charge is 2.07. The molecule has 1 aromatic carbocycles. The van der Waals surface area contributed by atoms with Gasteiger partial charge in [-0.3, -0.25) is 4.79 Å². The van der Waals surface area contributed by atoms with Crippen LogP contribution < -0.4 is 0 Å². The molecule has 0 unspecified atom stereocenters. The standard InChI is InChI=1S/C11H11FO/c1-3-5-11(13)9-6-4-7-10(12)8(9)2/h3-7H,1-2H3/b5-3+. The van der Waals surface area contributed by atoms with Gasteiger partial charge in [-0.1, -0.05) is 18.2 Å². The summed E-state index contributed by atoms with van der Waals surface area (Å²) in [6.45, 7) is 3.36. The monoisotopic (exact) mass is 178 g/mol. The number of halogens is 1. The molecule has 0 amide bonds. The summed E-state index contributed by atoms with van der Waals surface area (Å²) >= 11 is 0. The first-order chi connectivity index (χ1) is 6.16. The first-order valence-electron chi connectivity index (χ1n) is 4.09. The van der Waals surface area contributed by atoms with Crippen LogP contribution in [0, 0.1) is 12.7 Å². The van der Waals surface area contributed by atoms with E-state index in [4.69, 9.17) is 0 Å². The van der Waals surface area contributed by atoms with E-state index < -0.39 is 0 Å². The van der Waals surface area contributed by atoms with Crippen molar-refractivity contribution in [1.29, 1.82) is 0 Å². The third-order valence-electron chi connectivity index (χ3n) is 1.85. The molecule has 0 saturated heterocycles. The van der Waals surface area contributed by atoms with Crippen LogP contribution in [0.15, 0.2) is 30.4 Å². The van der Waals surface area contributed by atoms with Gasteiger partial charge in [-0.05, 0) is 31.6 Å². The van der Waals surface area contributed by atoms with Crippen LogP contribution in [0.1, 0.15) is 22.8 Å². The SMILES string of the molecule is C/C=C/C(=O)c1cccc(F)c1C. The average Bonchev–Trinajstić information content (AvgIpc) is 2.10. The summed E-state index contributed by atoms with van der Waals surface area (Å²) in [6.07, 6.45) is 3.08. The van der Waals surface area contributed by atoms with Gasteiger partial charge in [0.05, 0.1) is 0 Å². The Morgan fingerprint density at radius 1 is 1.46 bits per heavy atom. The fraction of sp³-hybridized carbons (Fsp3) is 0.182. The van der Waals surface area contributed by atoms with E-state index in [2.05, 4.69) is 0 Å². The molecule has 1 aromatic rings. The third kappa shape index (κ3) is 2.02. The second-order valence-electron chi connectivity index (χ2n) is 2.78. The topological polar surface area (TPSA) is 17.1 Å². The maximum absolute atomic E-state index is 13.0. The van der Waals surface area contributed by atoms with E-state index in [0.29, 0.717) is 11.1 Å². The highest BCUT2D eigenvalue weighted by atomic mass is 19.1. The molecule has 68 valence electrons. The second kappa shape index (κ2) is 3.99. The zero-order valence-corrected chi connectivity index (χ0v) is 7.67. The number of hydrogen-bond acceptors (Lipinski definition) is 1. The molecule has 0 aliphatic carbocycles. The van der Waals surface area contributed by atoms with E-state index in [1.54, 1.807) is 32.1 Å². The molecule has 0 aliphatic heterocycles. The van der Waals surface area contributed by atoms with Crippen molar-refractivity contribution in [3.8, 4) is 0 Å². The minimum absolute atomic E-state index is 0.153. The van der Waals surface area contributed by atoms with Gasteiger partial charge in [0.2, 0.25) is 0 Å². The summed E-state index contributed by atoms with van der Waals surface area (Å²) in [5.74, 6) is -0.491. The molecule has 1 nitrogen and oxygen atoms in total. The highest BCUT2D eigenvalue weighted by Crippen LogP contribution is 2.12. The predicted molar refractivity (Wildman–Crippen MR) is 50.3 cm³/mol. The lowest BCUT2D eigenvalue weighted by atomic mass is 10.0. The normalized spacial score (nSPS) is 10.7. The Kier molecular flexibility index (Phi) is 2.96. The van der Waals surface area contributed by atoms with E-state index in [9.17, 15) is 9.18 Å². The molecule has 1 rings (SSSR count). The molecular weight excluding hydrogens is 167 g/mol. The van der Waals surface area contributed by atoms with Crippen LogP contribution in [-0.2, 0) is 0 Å². The van der Waals surface area contributed by atoms with Gasteiger partial charge in [-0.2, -0.15) is 0 Å². The van der Waals surface area contributed by atoms with Gasteiger partial charge in [0, 0.05) is 5.56 Å². The number of hydrogen-bond donors (Lipinski definition) is 0. The van der Waals surface area contributed by atoms with Crippen molar-refractivity contribution >= 4 is 5.78 Å². The van der Waals surface area contributed by atoms with E-state index in [1.165, 1.54) is 12.1 Å². The van der Waals surface area contributed by atoms with E-state index in [0.717, 1.165) is 0 Å². The lowest BCUT2D eigenvalue weighted by molar-refractivity contribution is 0.104. The van der Waals surface area contributed by atoms with Crippen LogP contribution in [0.25, 0.3) is 0 Å². The fourth-order valence-electron chi connectivity index (χ4n) is 1.12. The Morgan fingerprint density at radius 2 is 2.15 bits per heavy atom. The van der Waals surface area contributed by atoms with Crippen molar-refractivity contribution in [2.24, 2.45) is 0 Å².